The van der Waals surface area contributed by atoms with Crippen LogP contribution >= 0.6 is 0 Å². The van der Waals surface area contributed by atoms with E-state index in [0.29, 0.717) is 0 Å². The van der Waals surface area contributed by atoms with Gasteiger partial charge in [0.05, 0.1) is 17.3 Å². The lowest BCUT2D eigenvalue weighted by Crippen LogP contribution is -2.13. The minimum absolute atomic E-state index is 0.0419. The number of halogens is 3. The topological polar surface area (TPSA) is 84.9 Å². The number of alkyl halides is 3. The van der Waals surface area contributed by atoms with Crippen LogP contribution in [0.5, 0.6) is 11.6 Å². The molecule has 0 radical (unpaired) electrons. The molecule has 1 aromatic heterocycles. The fourth-order valence-corrected chi connectivity index (χ4v) is 1.42. The number of aromatic nitrogens is 2. The second kappa shape index (κ2) is 5.16. The van der Waals surface area contributed by atoms with E-state index in [4.69, 9.17) is 15.9 Å². The summed E-state index contributed by atoms with van der Waals surface area (Å²) in [5, 5.41) is 14.6. The van der Waals surface area contributed by atoms with E-state index < -0.39 is 11.7 Å². The predicted octanol–water partition coefficient (Wildman–Crippen LogP) is 2.57. The molecule has 0 bridgehead atoms. The van der Waals surface area contributed by atoms with Gasteiger partial charge in [-0.15, -0.1) is 5.10 Å². The molecule has 0 saturated heterocycles. The normalized spacial score (nSPS) is 11.2. The molecule has 104 valence electrons. The molecule has 1 heterocycles. The lowest BCUT2D eigenvalue weighted by atomic mass is 10.2. The van der Waals surface area contributed by atoms with Gasteiger partial charge in [0, 0.05) is 0 Å². The Hall–Kier alpha value is -2.64. The molecule has 8 heteroatoms. The summed E-state index contributed by atoms with van der Waals surface area (Å²) >= 11 is 0. The molecule has 2 rings (SSSR count). The van der Waals surface area contributed by atoms with Crippen molar-refractivity contribution in [3.63, 3.8) is 0 Å². The number of nitrogen functional groups attached to an aromatic ring is 1. The van der Waals surface area contributed by atoms with Gasteiger partial charge < -0.3 is 10.5 Å². The largest absolute Gasteiger partial charge is 0.437 e. The second-order valence-corrected chi connectivity index (χ2v) is 3.79. The minimum atomic E-state index is -4.41. The average molecular weight is 282 g/mol. The number of benzene rings is 1. The Kier molecular flexibility index (Phi) is 3.55. The Labute approximate surface area is 111 Å². The lowest BCUT2D eigenvalue weighted by Gasteiger charge is -2.09. The molecule has 2 aromatic rings. The molecule has 0 saturated carbocycles. The van der Waals surface area contributed by atoms with Crippen LogP contribution in [-0.4, -0.2) is 16.0 Å². The number of ether oxygens (including phenoxy) is 1. The minimum Gasteiger partial charge on any atom is -0.437 e. The van der Waals surface area contributed by atoms with Crippen LogP contribution in [-0.2, 0) is 6.18 Å². The molecular weight excluding hydrogens is 273 g/mol. The average Bonchev–Trinajstić information content (AvgIpc) is 2.38. The molecule has 0 aliphatic carbocycles. The molecule has 3 N–H and O–H groups in total. The van der Waals surface area contributed by atoms with Gasteiger partial charge >= 0.3 is 6.18 Å². The summed E-state index contributed by atoms with van der Waals surface area (Å²) in [5.41, 5.74) is 4.76. The van der Waals surface area contributed by atoms with Gasteiger partial charge in [0.1, 0.15) is 11.6 Å². The Morgan fingerprint density at radius 2 is 1.80 bits per heavy atom. The summed E-state index contributed by atoms with van der Waals surface area (Å²) in [6.45, 7) is 0. The first-order valence-electron chi connectivity index (χ1n) is 5.39. The van der Waals surface area contributed by atoms with Gasteiger partial charge in [-0.25, -0.2) is 0 Å². The highest BCUT2D eigenvalue weighted by Crippen LogP contribution is 2.31. The quantitative estimate of drug-likeness (QED) is 0.669. The summed E-state index contributed by atoms with van der Waals surface area (Å²) in [5.74, 6) is -0.178. The number of nitrogens with zero attached hydrogens (tertiary/aromatic N) is 2. The summed E-state index contributed by atoms with van der Waals surface area (Å²) in [6, 6.07) is 5.51. The Balaban J connectivity index is 2.25. The van der Waals surface area contributed by atoms with E-state index in [1.807, 2.05) is 0 Å². The number of rotatable bonds is 3. The fraction of sp³-hybridized carbons (Fsp3) is 0.0833. The van der Waals surface area contributed by atoms with Gasteiger partial charge in [0.2, 0.25) is 5.88 Å². The van der Waals surface area contributed by atoms with Crippen LogP contribution in [0.1, 0.15) is 11.1 Å². The predicted molar refractivity (Wildman–Crippen MR) is 64.6 cm³/mol. The second-order valence-electron chi connectivity index (χ2n) is 3.79. The van der Waals surface area contributed by atoms with Crippen molar-refractivity contribution in [2.45, 2.75) is 6.18 Å². The van der Waals surface area contributed by atoms with E-state index in [2.05, 4.69) is 10.2 Å². The van der Waals surface area contributed by atoms with Gasteiger partial charge in [-0.05, 0) is 30.3 Å². The standard InChI is InChI=1S/C12H9F3N4O/c13-12(14,15)7-1-3-8(4-2-7)20-11-9(10(16)17)5-6-18-19-11/h1-6H,(H3,16,17). The van der Waals surface area contributed by atoms with E-state index in [0.717, 1.165) is 24.3 Å². The van der Waals surface area contributed by atoms with E-state index >= 15 is 0 Å². The number of hydrogen-bond donors (Lipinski definition) is 2. The monoisotopic (exact) mass is 282 g/mol. The zero-order valence-electron chi connectivity index (χ0n) is 9.98. The van der Waals surface area contributed by atoms with Crippen LogP contribution in [0, 0.1) is 5.41 Å². The Morgan fingerprint density at radius 3 is 2.35 bits per heavy atom. The molecule has 1 aromatic carbocycles. The van der Waals surface area contributed by atoms with Crippen LogP contribution in [0.3, 0.4) is 0 Å². The number of hydrogen-bond acceptors (Lipinski definition) is 4. The third-order valence-corrected chi connectivity index (χ3v) is 2.37. The van der Waals surface area contributed by atoms with E-state index in [1.165, 1.54) is 12.3 Å². The lowest BCUT2D eigenvalue weighted by molar-refractivity contribution is -0.137. The third-order valence-electron chi connectivity index (χ3n) is 2.37. The highest BCUT2D eigenvalue weighted by atomic mass is 19.4. The molecule has 0 spiro atoms. The highest BCUT2D eigenvalue weighted by Gasteiger charge is 2.30. The van der Waals surface area contributed by atoms with Crippen molar-refractivity contribution in [2.75, 3.05) is 0 Å². The molecule has 0 amide bonds. The van der Waals surface area contributed by atoms with Crippen molar-refractivity contribution in [2.24, 2.45) is 5.73 Å². The first-order valence-corrected chi connectivity index (χ1v) is 5.39. The molecular formula is C12H9F3N4O. The van der Waals surface area contributed by atoms with Crippen molar-refractivity contribution in [1.82, 2.24) is 10.2 Å². The van der Waals surface area contributed by atoms with Gasteiger partial charge in [-0.3, -0.25) is 5.41 Å². The Morgan fingerprint density at radius 1 is 1.15 bits per heavy atom. The smallest absolute Gasteiger partial charge is 0.416 e. The molecule has 0 aliphatic rings. The van der Waals surface area contributed by atoms with Gasteiger partial charge in [0.25, 0.3) is 0 Å². The maximum Gasteiger partial charge on any atom is 0.416 e. The SMILES string of the molecule is N=C(N)c1ccnnc1Oc1ccc(C(F)(F)F)cc1. The van der Waals surface area contributed by atoms with Crippen molar-refractivity contribution in [3.05, 3.63) is 47.7 Å². The van der Waals surface area contributed by atoms with Crippen LogP contribution in [0.15, 0.2) is 36.5 Å². The Bertz CT molecular complexity index is 625. The third kappa shape index (κ3) is 3.02. The van der Waals surface area contributed by atoms with Crippen molar-refractivity contribution < 1.29 is 17.9 Å². The fourth-order valence-electron chi connectivity index (χ4n) is 1.42. The molecule has 0 aliphatic heterocycles. The van der Waals surface area contributed by atoms with Gasteiger partial charge in [0.15, 0.2) is 0 Å². The summed E-state index contributed by atoms with van der Waals surface area (Å²) in [6.07, 6.45) is -3.08. The maximum absolute atomic E-state index is 12.4. The maximum atomic E-state index is 12.4. The van der Waals surface area contributed by atoms with E-state index in [1.54, 1.807) is 0 Å². The molecule has 5 nitrogen and oxygen atoms in total. The summed E-state index contributed by atoms with van der Waals surface area (Å²) in [4.78, 5) is 0. The van der Waals surface area contributed by atoms with E-state index in [9.17, 15) is 13.2 Å². The van der Waals surface area contributed by atoms with Crippen molar-refractivity contribution in [1.29, 1.82) is 5.41 Å². The zero-order valence-corrected chi connectivity index (χ0v) is 9.98. The van der Waals surface area contributed by atoms with Gasteiger partial charge in [-0.2, -0.15) is 18.3 Å². The molecule has 0 unspecified atom stereocenters. The van der Waals surface area contributed by atoms with Crippen LogP contribution in [0.4, 0.5) is 13.2 Å². The van der Waals surface area contributed by atoms with Crippen molar-refractivity contribution in [3.8, 4) is 11.6 Å². The highest BCUT2D eigenvalue weighted by molar-refractivity contribution is 5.96. The zero-order chi connectivity index (χ0) is 14.8. The molecule has 0 atom stereocenters. The first-order chi connectivity index (χ1) is 9.38. The summed E-state index contributed by atoms with van der Waals surface area (Å²) in [7, 11) is 0. The van der Waals surface area contributed by atoms with Crippen molar-refractivity contribution >= 4 is 5.84 Å². The first kappa shape index (κ1) is 13.8. The van der Waals surface area contributed by atoms with Crippen LogP contribution < -0.4 is 10.5 Å². The molecule has 20 heavy (non-hydrogen) atoms. The van der Waals surface area contributed by atoms with Gasteiger partial charge in [-0.1, -0.05) is 0 Å². The van der Waals surface area contributed by atoms with E-state index in [-0.39, 0.29) is 23.0 Å². The molecule has 0 fully saturated rings. The summed E-state index contributed by atoms with van der Waals surface area (Å²) < 4.78 is 42.5. The number of nitrogens with one attached hydrogen (secondary N) is 1. The number of nitrogens with two attached hydrogens (primary N) is 1. The number of amidine groups is 1. The van der Waals surface area contributed by atoms with Crippen LogP contribution in [0.2, 0.25) is 0 Å². The van der Waals surface area contributed by atoms with Crippen LogP contribution in [0.25, 0.3) is 0 Å².